The molecule has 1 heterocycles. The van der Waals surface area contributed by atoms with Crippen LogP contribution in [0.5, 0.6) is 0 Å². The lowest BCUT2D eigenvalue weighted by atomic mass is 9.95. The fraction of sp³-hybridized carbons (Fsp3) is 0. The first-order valence-corrected chi connectivity index (χ1v) is 6.84. The zero-order valence-electron chi connectivity index (χ0n) is 11.4. The van der Waals surface area contributed by atoms with Gasteiger partial charge in [-0.15, -0.1) is 0 Å². The number of rotatable bonds is 2. The molecule has 1 aromatic carbocycles. The van der Waals surface area contributed by atoms with Gasteiger partial charge in [0.15, 0.2) is 0 Å². The molecule has 0 saturated carbocycles. The average Bonchev–Trinajstić information content (AvgIpc) is 2.51. The molecule has 0 atom stereocenters. The fourth-order valence-electron chi connectivity index (χ4n) is 1.87. The van der Waals surface area contributed by atoms with Crippen molar-refractivity contribution in [2.24, 2.45) is 5.84 Å². The molecule has 0 bridgehead atoms. The first kappa shape index (κ1) is 14.2. The lowest BCUT2D eigenvalue weighted by Gasteiger charge is -2.10. The number of anilines is 1. The van der Waals surface area contributed by atoms with Gasteiger partial charge in [0.05, 0.1) is 5.69 Å². The minimum atomic E-state index is -0.481. The maximum Gasteiger partial charge on any atom is 0.356 e. The van der Waals surface area contributed by atoms with Crippen LogP contribution in [0.25, 0.3) is 16.8 Å². The number of benzene rings is 2. The molecular weight excluding hydrogens is 302 g/mol. The molecule has 2 aliphatic carbocycles. The number of halogens is 1. The Labute approximate surface area is 131 Å². The van der Waals surface area contributed by atoms with Gasteiger partial charge in [-0.3, -0.25) is 9.99 Å². The summed E-state index contributed by atoms with van der Waals surface area (Å²) >= 11 is 5.82. The molecule has 0 saturated heterocycles. The van der Waals surface area contributed by atoms with E-state index < -0.39 is 5.69 Å². The van der Waals surface area contributed by atoms with Crippen LogP contribution in [-0.2, 0) is 0 Å². The van der Waals surface area contributed by atoms with Gasteiger partial charge < -0.3 is 0 Å². The van der Waals surface area contributed by atoms with E-state index in [9.17, 15) is 4.79 Å². The molecule has 2 aliphatic rings. The maximum absolute atomic E-state index is 11.6. The second-order valence-electron chi connectivity index (χ2n) is 4.53. The monoisotopic (exact) mass is 313 g/mol. The number of nitrogens with one attached hydrogen (secondary N) is 1. The minimum Gasteiger partial charge on any atom is -0.292 e. The summed E-state index contributed by atoms with van der Waals surface area (Å²) in [4.78, 5) is 19.0. The average molecular weight is 314 g/mol. The Kier molecular flexibility index (Phi) is 3.86. The Balaban J connectivity index is 0.000000196. The number of hydrogen-bond donors (Lipinski definition) is 2. The van der Waals surface area contributed by atoms with Gasteiger partial charge in [0.2, 0.25) is 5.95 Å². The summed E-state index contributed by atoms with van der Waals surface area (Å²) in [5.41, 5.74) is 5.17. The third kappa shape index (κ3) is 2.83. The zero-order valence-corrected chi connectivity index (χ0v) is 12.2. The smallest absolute Gasteiger partial charge is 0.292 e. The standard InChI is InChI=1S/C9H8ClN5O.C6H4/c10-6-2-1-3-7(4-6)15-5-12-8(14-11)13-9(15)16;1-2-6-4-3-5(1)6/h1-5H,11H2,(H,13,14,16);1-4H. The summed E-state index contributed by atoms with van der Waals surface area (Å²) < 4.78 is 1.27. The minimum absolute atomic E-state index is 0.0725. The maximum atomic E-state index is 11.6. The highest BCUT2D eigenvalue weighted by atomic mass is 35.5. The van der Waals surface area contributed by atoms with Gasteiger partial charge in [-0.1, -0.05) is 41.9 Å². The molecular formula is C15H12ClN5O. The van der Waals surface area contributed by atoms with Crippen LogP contribution in [0.2, 0.25) is 5.02 Å². The van der Waals surface area contributed by atoms with Gasteiger partial charge in [-0.05, 0) is 29.3 Å². The number of hydrazine groups is 1. The van der Waals surface area contributed by atoms with Crippen molar-refractivity contribution >= 4 is 17.5 Å². The predicted octanol–water partition coefficient (Wildman–Crippen LogP) is 2.23. The van der Waals surface area contributed by atoms with Crippen LogP contribution in [0, 0.1) is 0 Å². The second-order valence-corrected chi connectivity index (χ2v) is 4.97. The molecule has 3 N–H and O–H groups in total. The van der Waals surface area contributed by atoms with Crippen molar-refractivity contribution in [1.82, 2.24) is 14.5 Å². The summed E-state index contributed by atoms with van der Waals surface area (Å²) in [7, 11) is 0. The van der Waals surface area contributed by atoms with Crippen LogP contribution in [0.4, 0.5) is 5.95 Å². The van der Waals surface area contributed by atoms with E-state index in [-0.39, 0.29) is 5.95 Å². The highest BCUT2D eigenvalue weighted by Gasteiger charge is 2.04. The van der Waals surface area contributed by atoms with Crippen LogP contribution in [0.1, 0.15) is 0 Å². The Morgan fingerprint density at radius 1 is 1.09 bits per heavy atom. The predicted molar refractivity (Wildman–Crippen MR) is 85.9 cm³/mol. The van der Waals surface area contributed by atoms with Crippen molar-refractivity contribution in [3.8, 4) is 16.8 Å². The highest BCUT2D eigenvalue weighted by Crippen LogP contribution is 2.29. The van der Waals surface area contributed by atoms with Crippen molar-refractivity contribution in [2.45, 2.75) is 0 Å². The fourth-order valence-corrected chi connectivity index (χ4v) is 2.05. The van der Waals surface area contributed by atoms with E-state index in [1.165, 1.54) is 22.0 Å². The van der Waals surface area contributed by atoms with Gasteiger partial charge in [0, 0.05) is 5.02 Å². The van der Waals surface area contributed by atoms with Gasteiger partial charge in [0.25, 0.3) is 0 Å². The number of nitrogens with two attached hydrogens (primary N) is 1. The summed E-state index contributed by atoms with van der Waals surface area (Å²) in [6.45, 7) is 0. The van der Waals surface area contributed by atoms with Gasteiger partial charge in [0.1, 0.15) is 6.33 Å². The van der Waals surface area contributed by atoms with Crippen molar-refractivity contribution in [2.75, 3.05) is 5.43 Å². The normalized spacial score (nSPS) is 10.5. The van der Waals surface area contributed by atoms with E-state index in [1.54, 1.807) is 24.3 Å². The van der Waals surface area contributed by atoms with Crippen molar-refractivity contribution in [3.05, 3.63) is 70.4 Å². The molecule has 22 heavy (non-hydrogen) atoms. The summed E-state index contributed by atoms with van der Waals surface area (Å²) in [6, 6.07) is 15.3. The zero-order chi connectivity index (χ0) is 15.5. The molecule has 0 spiro atoms. The lowest BCUT2D eigenvalue weighted by molar-refractivity contribution is 0.859. The molecule has 0 unspecified atom stereocenters. The molecule has 1 aromatic heterocycles. The van der Waals surface area contributed by atoms with Crippen LogP contribution in [0.3, 0.4) is 0 Å². The molecule has 4 rings (SSSR count). The summed E-state index contributed by atoms with van der Waals surface area (Å²) in [6.07, 6.45) is 1.33. The van der Waals surface area contributed by atoms with E-state index in [0.29, 0.717) is 10.7 Å². The lowest BCUT2D eigenvalue weighted by Crippen LogP contribution is -2.24. The first-order chi connectivity index (χ1) is 10.7. The summed E-state index contributed by atoms with van der Waals surface area (Å²) in [5.74, 6) is 5.16. The van der Waals surface area contributed by atoms with E-state index in [1.807, 2.05) is 0 Å². The van der Waals surface area contributed by atoms with Crippen LogP contribution in [-0.4, -0.2) is 14.5 Å². The Hall–Kier alpha value is -2.70. The molecule has 2 aromatic rings. The molecule has 0 amide bonds. The topological polar surface area (TPSA) is 85.8 Å². The van der Waals surface area contributed by atoms with Crippen LogP contribution < -0.4 is 17.0 Å². The molecule has 7 heteroatoms. The number of fused-ring (bicyclic) bond motifs is 1. The van der Waals surface area contributed by atoms with Gasteiger partial charge >= 0.3 is 5.69 Å². The SMILES string of the molecule is NNc1ncn(-c2cccc(Cl)c2)c(=O)n1.c1cc2ccc1-2. The van der Waals surface area contributed by atoms with Crippen LogP contribution in [0.15, 0.2) is 59.7 Å². The first-order valence-electron chi connectivity index (χ1n) is 6.46. The second kappa shape index (κ2) is 5.97. The van der Waals surface area contributed by atoms with E-state index in [2.05, 4.69) is 39.7 Å². The highest BCUT2D eigenvalue weighted by molar-refractivity contribution is 6.30. The number of nitrogens with zero attached hydrogens (tertiary/aromatic N) is 3. The number of aromatic nitrogens is 3. The third-order valence-corrected chi connectivity index (χ3v) is 3.37. The molecule has 0 radical (unpaired) electrons. The van der Waals surface area contributed by atoms with Gasteiger partial charge in [-0.25, -0.2) is 15.6 Å². The van der Waals surface area contributed by atoms with Crippen molar-refractivity contribution < 1.29 is 0 Å². The van der Waals surface area contributed by atoms with Gasteiger partial charge in [-0.2, -0.15) is 4.98 Å². The quantitative estimate of drug-likeness (QED) is 0.438. The largest absolute Gasteiger partial charge is 0.356 e. The number of nitrogen functional groups attached to an aromatic ring is 1. The third-order valence-electron chi connectivity index (χ3n) is 3.14. The number of hydrogen-bond acceptors (Lipinski definition) is 5. The molecule has 110 valence electrons. The van der Waals surface area contributed by atoms with Crippen molar-refractivity contribution in [1.29, 1.82) is 0 Å². The molecule has 0 aliphatic heterocycles. The van der Waals surface area contributed by atoms with E-state index >= 15 is 0 Å². The molecule has 0 fully saturated rings. The Morgan fingerprint density at radius 3 is 2.23 bits per heavy atom. The summed E-state index contributed by atoms with van der Waals surface area (Å²) in [5, 5.41) is 0.533. The Morgan fingerprint density at radius 2 is 1.77 bits per heavy atom. The Bertz CT molecular complexity index is 839. The van der Waals surface area contributed by atoms with Crippen LogP contribution >= 0.6 is 11.6 Å². The van der Waals surface area contributed by atoms with E-state index in [4.69, 9.17) is 17.4 Å². The van der Waals surface area contributed by atoms with E-state index in [0.717, 1.165) is 0 Å². The molecule has 6 nitrogen and oxygen atoms in total. The van der Waals surface area contributed by atoms with Crippen molar-refractivity contribution in [3.63, 3.8) is 0 Å².